The molecular weight excluding hydrogens is 374 g/mol. The van der Waals surface area contributed by atoms with Crippen LogP contribution in [0.4, 0.5) is 0 Å². The summed E-state index contributed by atoms with van der Waals surface area (Å²) in [7, 11) is 0. The fraction of sp³-hybridized carbons (Fsp3) is 0.440. The number of carbonyl (C=O) groups is 2. The van der Waals surface area contributed by atoms with Gasteiger partial charge in [-0.3, -0.25) is 14.5 Å². The number of carbonyl (C=O) groups excluding carboxylic acids is 2. The molecule has 2 unspecified atom stereocenters. The minimum Gasteiger partial charge on any atom is -0.352 e. The van der Waals surface area contributed by atoms with Gasteiger partial charge in [-0.2, -0.15) is 0 Å². The van der Waals surface area contributed by atoms with Gasteiger partial charge in [-0.15, -0.1) is 0 Å². The van der Waals surface area contributed by atoms with Crippen LogP contribution in [0.3, 0.4) is 0 Å². The summed E-state index contributed by atoms with van der Waals surface area (Å²) in [4.78, 5) is 30.1. The number of rotatable bonds is 9. The van der Waals surface area contributed by atoms with Crippen LogP contribution in [0.2, 0.25) is 0 Å². The van der Waals surface area contributed by atoms with E-state index in [1.807, 2.05) is 48.5 Å². The number of likely N-dealkylation sites (tertiary alicyclic amines) is 1. The van der Waals surface area contributed by atoms with Gasteiger partial charge in [0.15, 0.2) is 0 Å². The molecule has 0 radical (unpaired) electrons. The van der Waals surface area contributed by atoms with Gasteiger partial charge in [0.2, 0.25) is 11.8 Å². The van der Waals surface area contributed by atoms with Crippen molar-refractivity contribution in [3.8, 4) is 0 Å². The molecule has 0 saturated carbocycles. The summed E-state index contributed by atoms with van der Waals surface area (Å²) >= 11 is 0. The molecule has 1 aliphatic rings. The van der Waals surface area contributed by atoms with Crippen LogP contribution in [0.1, 0.15) is 56.3 Å². The van der Waals surface area contributed by atoms with Gasteiger partial charge < -0.3 is 10.2 Å². The molecule has 1 saturated heterocycles. The Hall–Kier alpha value is -2.66. The van der Waals surface area contributed by atoms with E-state index in [1.54, 1.807) is 4.90 Å². The minimum atomic E-state index is -0.577. The number of hydrogen-bond acceptors (Lipinski definition) is 3. The van der Waals surface area contributed by atoms with Crippen molar-refractivity contribution in [2.75, 3.05) is 26.2 Å². The van der Waals surface area contributed by atoms with Crippen molar-refractivity contribution in [3.05, 3.63) is 71.8 Å². The molecule has 1 N–H and O–H groups in total. The van der Waals surface area contributed by atoms with Crippen molar-refractivity contribution in [3.63, 3.8) is 0 Å². The van der Waals surface area contributed by atoms with Crippen LogP contribution < -0.4 is 5.32 Å². The lowest BCUT2D eigenvalue weighted by molar-refractivity contribution is -0.142. The van der Waals surface area contributed by atoms with Crippen LogP contribution >= 0.6 is 0 Å². The van der Waals surface area contributed by atoms with E-state index in [0.717, 1.165) is 31.5 Å². The maximum absolute atomic E-state index is 13.4. The van der Waals surface area contributed by atoms with Crippen molar-refractivity contribution in [2.24, 2.45) is 0 Å². The van der Waals surface area contributed by atoms with Crippen LogP contribution in [-0.2, 0) is 9.59 Å². The zero-order chi connectivity index (χ0) is 21.3. The molecule has 2 atom stereocenters. The number of hydrogen-bond donors (Lipinski definition) is 1. The highest BCUT2D eigenvalue weighted by atomic mass is 16.2. The third-order valence-electron chi connectivity index (χ3n) is 5.94. The maximum Gasteiger partial charge on any atom is 0.247 e. The molecule has 5 nitrogen and oxygen atoms in total. The first kappa shape index (κ1) is 22.0. The zero-order valence-electron chi connectivity index (χ0n) is 18.1. The average Bonchev–Trinajstić information content (AvgIpc) is 2.79. The quantitative estimate of drug-likeness (QED) is 0.685. The summed E-state index contributed by atoms with van der Waals surface area (Å²) in [5.41, 5.74) is 2.05. The van der Waals surface area contributed by atoms with Crippen molar-refractivity contribution >= 4 is 11.8 Å². The largest absolute Gasteiger partial charge is 0.352 e. The van der Waals surface area contributed by atoms with Gasteiger partial charge in [0.25, 0.3) is 0 Å². The summed E-state index contributed by atoms with van der Waals surface area (Å²) in [6, 6.07) is 19.5. The molecule has 1 aliphatic heterocycles. The Morgan fingerprint density at radius 2 is 1.57 bits per heavy atom. The van der Waals surface area contributed by atoms with Gasteiger partial charge in [-0.25, -0.2) is 0 Å². The maximum atomic E-state index is 13.4. The van der Waals surface area contributed by atoms with Crippen LogP contribution in [0, 0.1) is 0 Å². The lowest BCUT2D eigenvalue weighted by Crippen LogP contribution is -2.47. The van der Waals surface area contributed by atoms with E-state index in [1.165, 1.54) is 5.56 Å². The van der Waals surface area contributed by atoms with Gasteiger partial charge >= 0.3 is 0 Å². The van der Waals surface area contributed by atoms with E-state index in [0.29, 0.717) is 19.5 Å². The first-order chi connectivity index (χ1) is 14.7. The van der Waals surface area contributed by atoms with Gasteiger partial charge in [0, 0.05) is 19.5 Å². The average molecular weight is 408 g/mol. The zero-order valence-corrected chi connectivity index (χ0v) is 18.1. The smallest absolute Gasteiger partial charge is 0.247 e. The Kier molecular flexibility index (Phi) is 8.03. The molecule has 30 heavy (non-hydrogen) atoms. The number of likely N-dealkylation sites (N-methyl/N-ethyl adjacent to an activating group) is 1. The van der Waals surface area contributed by atoms with E-state index in [4.69, 9.17) is 0 Å². The van der Waals surface area contributed by atoms with Crippen molar-refractivity contribution in [1.29, 1.82) is 0 Å². The summed E-state index contributed by atoms with van der Waals surface area (Å²) < 4.78 is 0. The fourth-order valence-corrected chi connectivity index (χ4v) is 4.30. The first-order valence-corrected chi connectivity index (χ1v) is 11.1. The number of nitrogens with zero attached hydrogens (tertiary/aromatic N) is 2. The second-order valence-corrected chi connectivity index (χ2v) is 7.75. The molecule has 0 spiro atoms. The number of amides is 2. The molecule has 0 bridgehead atoms. The van der Waals surface area contributed by atoms with Gasteiger partial charge in [0.05, 0.1) is 6.04 Å². The third kappa shape index (κ3) is 5.28. The Balaban J connectivity index is 1.81. The third-order valence-corrected chi connectivity index (χ3v) is 5.94. The number of benzene rings is 2. The second-order valence-electron chi connectivity index (χ2n) is 7.75. The van der Waals surface area contributed by atoms with Crippen LogP contribution in [-0.4, -0.2) is 47.8 Å². The molecule has 1 heterocycles. The van der Waals surface area contributed by atoms with Crippen LogP contribution in [0.25, 0.3) is 0 Å². The molecular formula is C25H33N3O2. The summed E-state index contributed by atoms with van der Waals surface area (Å²) in [5.74, 6) is -0.0434. The standard InChI is InChI=1S/C25H33N3O2/c1-3-27(4-2)22(20-13-7-5-8-14-20)19-26-25(30)24(21-15-9-6-10-16-21)28-18-12-11-17-23(28)29/h5-10,13-16,22,24H,3-4,11-12,17-19H2,1-2H3,(H,26,30). The predicted octanol–water partition coefficient (Wildman–Crippen LogP) is 3.94. The number of piperidine rings is 1. The molecule has 2 aromatic rings. The highest BCUT2D eigenvalue weighted by Gasteiger charge is 2.33. The van der Waals surface area contributed by atoms with Crippen molar-refractivity contribution in [1.82, 2.24) is 15.1 Å². The lowest BCUT2D eigenvalue weighted by Gasteiger charge is -2.35. The summed E-state index contributed by atoms with van der Waals surface area (Å²) in [6.45, 7) is 7.22. The SMILES string of the molecule is CCN(CC)C(CNC(=O)C(c1ccccc1)N1CCCCC1=O)c1ccccc1. The Labute approximate surface area is 180 Å². The van der Waals surface area contributed by atoms with E-state index in [9.17, 15) is 9.59 Å². The topological polar surface area (TPSA) is 52.7 Å². The Morgan fingerprint density at radius 3 is 2.13 bits per heavy atom. The summed E-state index contributed by atoms with van der Waals surface area (Å²) in [5, 5.41) is 3.17. The van der Waals surface area contributed by atoms with Crippen LogP contribution in [0.15, 0.2) is 60.7 Å². The molecule has 5 heteroatoms. The lowest BCUT2D eigenvalue weighted by atomic mass is 10.00. The second kappa shape index (κ2) is 10.9. The van der Waals surface area contributed by atoms with Gasteiger partial charge in [0.1, 0.15) is 6.04 Å². The molecule has 3 rings (SSSR count). The molecule has 2 aromatic carbocycles. The van der Waals surface area contributed by atoms with Crippen molar-refractivity contribution < 1.29 is 9.59 Å². The molecule has 0 aromatic heterocycles. The van der Waals surface area contributed by atoms with E-state index >= 15 is 0 Å². The fourth-order valence-electron chi connectivity index (χ4n) is 4.30. The van der Waals surface area contributed by atoms with Gasteiger partial charge in [-0.1, -0.05) is 74.5 Å². The van der Waals surface area contributed by atoms with Crippen molar-refractivity contribution in [2.45, 2.75) is 45.2 Å². The molecule has 1 fully saturated rings. The summed E-state index contributed by atoms with van der Waals surface area (Å²) in [6.07, 6.45) is 2.35. The van der Waals surface area contributed by atoms with Crippen LogP contribution in [0.5, 0.6) is 0 Å². The number of nitrogens with one attached hydrogen (secondary N) is 1. The van der Waals surface area contributed by atoms with E-state index in [-0.39, 0.29) is 17.9 Å². The Bertz CT molecular complexity index is 806. The Morgan fingerprint density at radius 1 is 0.967 bits per heavy atom. The highest BCUT2D eigenvalue weighted by Crippen LogP contribution is 2.26. The van der Waals surface area contributed by atoms with Gasteiger partial charge in [-0.05, 0) is 37.1 Å². The normalized spacial score (nSPS) is 16.4. The molecule has 0 aliphatic carbocycles. The minimum absolute atomic E-state index is 0.0635. The molecule has 2 amide bonds. The van der Waals surface area contributed by atoms with E-state index < -0.39 is 6.04 Å². The predicted molar refractivity (Wildman–Crippen MR) is 120 cm³/mol. The van der Waals surface area contributed by atoms with E-state index in [2.05, 4.69) is 36.2 Å². The monoisotopic (exact) mass is 407 g/mol. The molecule has 160 valence electrons. The highest BCUT2D eigenvalue weighted by molar-refractivity contribution is 5.89. The first-order valence-electron chi connectivity index (χ1n) is 11.1.